The Morgan fingerprint density at radius 3 is 0.741 bits per heavy atom. The van der Waals surface area contributed by atoms with E-state index in [2.05, 4.69) is 451 Å². The van der Waals surface area contributed by atoms with Gasteiger partial charge in [-0.15, -0.1) is 0 Å². The Kier molecular flexibility index (Phi) is 17.7. The molecule has 28 aromatic rings. The first-order valence-electron chi connectivity index (χ1n) is 45.9. The molecule has 20 aromatic carbocycles. The summed E-state index contributed by atoms with van der Waals surface area (Å²) >= 11 is 0. The van der Waals surface area contributed by atoms with Gasteiger partial charge in [-0.1, -0.05) is 279 Å². The maximum atomic E-state index is 5.14. The monoisotopic (exact) mass is 1720 g/mol. The van der Waals surface area contributed by atoms with E-state index in [1.165, 1.54) is 126 Å². The minimum Gasteiger partial charge on any atom is -0.309 e. The molecule has 0 N–H and O–H groups in total. The number of benzene rings is 20. The molecule has 0 radical (unpaired) electrons. The summed E-state index contributed by atoms with van der Waals surface area (Å²) in [5, 5.41) is 14.5. The molecular formula is C124H79N11. The zero-order chi connectivity index (χ0) is 88.7. The highest BCUT2D eigenvalue weighted by Crippen LogP contribution is 2.46. The molecule has 135 heavy (non-hydrogen) atoms. The lowest BCUT2D eigenvalue weighted by atomic mass is 10.0. The van der Waals surface area contributed by atoms with Crippen molar-refractivity contribution in [2.75, 3.05) is 0 Å². The summed E-state index contributed by atoms with van der Waals surface area (Å²) in [5.41, 5.74) is 32.7. The van der Waals surface area contributed by atoms with E-state index in [1.54, 1.807) is 0 Å². The summed E-state index contributed by atoms with van der Waals surface area (Å²) in [6, 6.07) is 172. The van der Waals surface area contributed by atoms with Gasteiger partial charge in [-0.25, -0.2) is 9.97 Å². The van der Waals surface area contributed by atoms with Crippen LogP contribution in [0.1, 0.15) is 0 Å². The van der Waals surface area contributed by atoms with Gasteiger partial charge in [-0.3, -0.25) is 9.13 Å². The minimum atomic E-state index is 0.579. The number of imidazole rings is 1. The number of fused-ring (bicyclic) bond motifs is 19. The normalized spacial score (nSPS) is 11.9. The number of para-hydroxylation sites is 10. The zero-order valence-corrected chi connectivity index (χ0v) is 73.0. The largest absolute Gasteiger partial charge is 0.309 e. The Bertz CT molecular complexity index is 9540. The highest BCUT2D eigenvalue weighted by Gasteiger charge is 2.26. The Morgan fingerprint density at radius 2 is 0.363 bits per heavy atom. The van der Waals surface area contributed by atoms with Crippen LogP contribution >= 0.6 is 0 Å². The second kappa shape index (κ2) is 31.2. The van der Waals surface area contributed by atoms with Gasteiger partial charge >= 0.3 is 0 Å². The average Bonchev–Trinajstić information content (AvgIpc) is 1.57. The number of hydrogen-bond donors (Lipinski definition) is 0. The van der Waals surface area contributed by atoms with Crippen LogP contribution in [0.15, 0.2) is 479 Å². The molecule has 28 rings (SSSR count). The maximum Gasteiger partial charge on any atom is 0.238 e. The molecule has 0 aliphatic heterocycles. The van der Waals surface area contributed by atoms with Gasteiger partial charge in [-0.05, 0) is 234 Å². The summed E-state index contributed by atoms with van der Waals surface area (Å²) in [4.78, 5) is 20.4. The first-order chi connectivity index (χ1) is 67.0. The quantitative estimate of drug-likeness (QED) is 0.115. The summed E-state index contributed by atoms with van der Waals surface area (Å²) in [6.07, 6.45) is 0. The fourth-order valence-electron chi connectivity index (χ4n) is 21.1. The Labute approximate surface area is 775 Å². The molecule has 0 saturated heterocycles. The second-order valence-corrected chi connectivity index (χ2v) is 34.9. The van der Waals surface area contributed by atoms with Crippen LogP contribution in [0, 0.1) is 0 Å². The molecular weight excluding hydrogens is 1640 g/mol. The van der Waals surface area contributed by atoms with E-state index in [-0.39, 0.29) is 0 Å². The molecule has 8 heterocycles. The summed E-state index contributed by atoms with van der Waals surface area (Å²) in [6.45, 7) is 0. The lowest BCUT2D eigenvalue weighted by Crippen LogP contribution is -2.06. The predicted molar refractivity (Wildman–Crippen MR) is 560 cm³/mol. The molecule has 0 aliphatic carbocycles. The molecule has 0 saturated carbocycles. The van der Waals surface area contributed by atoms with Crippen molar-refractivity contribution in [3.8, 4) is 108 Å². The van der Waals surface area contributed by atoms with Crippen LogP contribution < -0.4 is 0 Å². The van der Waals surface area contributed by atoms with Crippen LogP contribution in [0.5, 0.6) is 0 Å². The van der Waals surface area contributed by atoms with Crippen molar-refractivity contribution in [3.05, 3.63) is 479 Å². The molecule has 11 heteroatoms. The molecule has 0 atom stereocenters. The molecule has 630 valence electrons. The van der Waals surface area contributed by atoms with Crippen molar-refractivity contribution in [3.63, 3.8) is 0 Å². The number of rotatable bonds is 13. The summed E-state index contributed by atoms with van der Waals surface area (Å²) < 4.78 is 16.5. The Hall–Kier alpha value is -18.3. The van der Waals surface area contributed by atoms with Crippen molar-refractivity contribution >= 4 is 142 Å². The van der Waals surface area contributed by atoms with E-state index >= 15 is 0 Å². The van der Waals surface area contributed by atoms with Crippen LogP contribution in [0.25, 0.3) is 249 Å². The molecule has 11 nitrogen and oxygen atoms in total. The minimum absolute atomic E-state index is 0.579. The SMILES string of the molecule is c1ccc(-c2ccc3c(c2)c2cc(-n4c5ccccc5c5cc(-c6ccc7c(c6)c6ccccc6n7-c6nc(-c7ccccc7)nc(-c7ccccc7)n6)ccc54)ccc2n3-c2ccccc2)cc1.c1ccc(-n2c(-c3ccc(-n4c5ccccc5c5cc(-c6ccc7c(c6)c6ccccc6n7-c6ccc7c(c6)c6ccccc6n7-c6ccccc6)ccc54)cc3)nc3ccccc32)cc1. The molecule has 0 bridgehead atoms. The van der Waals surface area contributed by atoms with E-state index in [4.69, 9.17) is 19.9 Å². The van der Waals surface area contributed by atoms with E-state index in [1.807, 2.05) is 60.7 Å². The fourth-order valence-corrected chi connectivity index (χ4v) is 21.1. The third-order valence-corrected chi connectivity index (χ3v) is 27.3. The molecule has 0 spiro atoms. The second-order valence-electron chi connectivity index (χ2n) is 34.9. The number of aromatic nitrogens is 11. The highest BCUT2D eigenvalue weighted by atomic mass is 15.2. The Balaban J connectivity index is 0.000000137. The van der Waals surface area contributed by atoms with E-state index < -0.39 is 0 Å². The third-order valence-electron chi connectivity index (χ3n) is 27.3. The number of hydrogen-bond acceptors (Lipinski definition) is 4. The average molecular weight is 1720 g/mol. The van der Waals surface area contributed by atoms with E-state index in [9.17, 15) is 0 Å². The molecule has 0 unspecified atom stereocenters. The van der Waals surface area contributed by atoms with Gasteiger partial charge in [0.25, 0.3) is 0 Å². The Morgan fingerprint density at radius 1 is 0.126 bits per heavy atom. The van der Waals surface area contributed by atoms with Crippen molar-refractivity contribution in [1.82, 2.24) is 51.9 Å². The molecule has 0 amide bonds. The van der Waals surface area contributed by atoms with E-state index in [0.717, 1.165) is 106 Å². The number of nitrogens with zero attached hydrogens (tertiary/aromatic N) is 11. The van der Waals surface area contributed by atoms with Gasteiger partial charge in [0.05, 0.1) is 77.2 Å². The van der Waals surface area contributed by atoms with Crippen LogP contribution in [0.3, 0.4) is 0 Å². The van der Waals surface area contributed by atoms with Crippen molar-refractivity contribution in [2.24, 2.45) is 0 Å². The lowest BCUT2D eigenvalue weighted by molar-refractivity contribution is 0.953. The van der Waals surface area contributed by atoms with Crippen LogP contribution in [-0.2, 0) is 0 Å². The first kappa shape index (κ1) is 76.7. The first-order valence-corrected chi connectivity index (χ1v) is 45.9. The van der Waals surface area contributed by atoms with E-state index in [0.29, 0.717) is 17.6 Å². The zero-order valence-electron chi connectivity index (χ0n) is 73.0. The van der Waals surface area contributed by atoms with Gasteiger partial charge in [0, 0.05) is 115 Å². The topological polar surface area (TPSA) is 86.1 Å². The van der Waals surface area contributed by atoms with Gasteiger partial charge < -0.3 is 22.8 Å². The summed E-state index contributed by atoms with van der Waals surface area (Å²) in [7, 11) is 0. The molecule has 8 aromatic heterocycles. The van der Waals surface area contributed by atoms with Crippen LogP contribution in [-0.4, -0.2) is 51.9 Å². The van der Waals surface area contributed by atoms with Gasteiger partial charge in [0.15, 0.2) is 11.6 Å². The molecule has 0 aliphatic rings. The predicted octanol–water partition coefficient (Wildman–Crippen LogP) is 31.5. The van der Waals surface area contributed by atoms with Crippen LogP contribution in [0.2, 0.25) is 0 Å². The fraction of sp³-hybridized carbons (Fsp3) is 0. The summed E-state index contributed by atoms with van der Waals surface area (Å²) in [5.74, 6) is 2.76. The molecule has 0 fully saturated rings. The standard InChI is InChI=1S/C63H40N6.C61H39N5/c1-5-17-41(18-6-1)44-29-33-58-53(37-44)54-40-48(32-36-59(54)67(58)47-23-11-4-12-24-47)68-55-27-15-13-25-49(55)51-38-45(30-34-57(51)68)46-31-35-60-52(39-46)50-26-14-16-28-56(50)69(60)63-65-61(42-19-7-2-8-20-42)64-62(66-63)43-21-9-3-10-22-43;1-3-15-43(16-4-1)63-55-24-12-9-21-49(55)52-39-46(33-36-59(52)63)65-56-25-13-8-20-48(56)51-38-42(30-35-58(51)65)41-29-34-57-50(37-41)47-19-7-11-23-54(47)64(57)45-31-27-40(28-32-45)61-62-53-22-10-14-26-60(53)66(61)44-17-5-2-6-18-44/h1-40H;1-39H. The highest BCUT2D eigenvalue weighted by molar-refractivity contribution is 6.18. The van der Waals surface area contributed by atoms with Gasteiger partial charge in [-0.2, -0.15) is 9.97 Å². The van der Waals surface area contributed by atoms with Crippen LogP contribution in [0.4, 0.5) is 0 Å². The van der Waals surface area contributed by atoms with Gasteiger partial charge in [0.2, 0.25) is 5.95 Å². The van der Waals surface area contributed by atoms with Gasteiger partial charge in [0.1, 0.15) is 5.82 Å². The van der Waals surface area contributed by atoms with Crippen molar-refractivity contribution in [1.29, 1.82) is 0 Å². The smallest absolute Gasteiger partial charge is 0.238 e. The third kappa shape index (κ3) is 12.6. The van der Waals surface area contributed by atoms with Crippen molar-refractivity contribution < 1.29 is 0 Å². The van der Waals surface area contributed by atoms with Crippen molar-refractivity contribution in [2.45, 2.75) is 0 Å². The maximum absolute atomic E-state index is 5.14. The lowest BCUT2D eigenvalue weighted by Gasteiger charge is -2.12.